The number of hydrogen-bond acceptors (Lipinski definition) is 3. The second-order valence-electron chi connectivity index (χ2n) is 6.34. The van der Waals surface area contributed by atoms with Crippen LogP contribution in [0.5, 0.6) is 0 Å². The zero-order valence-corrected chi connectivity index (χ0v) is 11.1. The molecule has 4 heteroatoms. The summed E-state index contributed by atoms with van der Waals surface area (Å²) in [7, 11) is 0. The Hall–Kier alpha value is -0.770. The molecule has 0 unspecified atom stereocenters. The molecule has 17 heavy (non-hydrogen) atoms. The molecule has 2 saturated heterocycles. The molecule has 0 aromatic heterocycles. The lowest BCUT2D eigenvalue weighted by molar-refractivity contribution is 0.0492. The third-order valence-electron chi connectivity index (χ3n) is 3.67. The van der Waals surface area contributed by atoms with Gasteiger partial charge in [0.15, 0.2) is 0 Å². The summed E-state index contributed by atoms with van der Waals surface area (Å²) in [6.45, 7) is 7.56. The highest BCUT2D eigenvalue weighted by molar-refractivity contribution is 5.67. The van der Waals surface area contributed by atoms with Gasteiger partial charge >= 0.3 is 6.09 Å². The molecule has 2 N–H and O–H groups in total. The Balaban J connectivity index is 1.73. The number of nitrogens with one attached hydrogen (secondary N) is 2. The van der Waals surface area contributed by atoms with E-state index in [4.69, 9.17) is 4.74 Å². The highest BCUT2D eigenvalue weighted by Gasteiger charge is 2.35. The summed E-state index contributed by atoms with van der Waals surface area (Å²) in [5.74, 6) is 1.39. The SMILES string of the molecule is CC(C)(C)OC(=O)NC[C@@H]1C[C@H]2CC[C@H]1NC2. The molecule has 1 aliphatic carbocycles. The monoisotopic (exact) mass is 240 g/mol. The Bertz CT molecular complexity index is 278. The van der Waals surface area contributed by atoms with Crippen LogP contribution in [-0.2, 0) is 4.74 Å². The molecule has 3 atom stereocenters. The maximum atomic E-state index is 11.6. The average molecular weight is 240 g/mol. The number of piperidine rings is 2. The predicted octanol–water partition coefficient (Wildman–Crippen LogP) is 1.90. The molecule has 1 amide bonds. The minimum absolute atomic E-state index is 0.293. The normalized spacial score (nSPS) is 32.3. The van der Waals surface area contributed by atoms with Crippen LogP contribution in [0.1, 0.15) is 40.0 Å². The Morgan fingerprint density at radius 3 is 2.65 bits per heavy atom. The van der Waals surface area contributed by atoms with Crippen molar-refractivity contribution in [3.63, 3.8) is 0 Å². The quantitative estimate of drug-likeness (QED) is 0.775. The first-order chi connectivity index (χ1) is 7.94. The van der Waals surface area contributed by atoms with Gasteiger partial charge < -0.3 is 15.4 Å². The fourth-order valence-corrected chi connectivity index (χ4v) is 2.89. The minimum atomic E-state index is -0.409. The third-order valence-corrected chi connectivity index (χ3v) is 3.67. The van der Waals surface area contributed by atoms with Crippen LogP contribution >= 0.6 is 0 Å². The Labute approximate surface area is 103 Å². The second kappa shape index (κ2) is 4.84. The molecule has 0 aromatic rings. The molecule has 4 nitrogen and oxygen atoms in total. The predicted molar refractivity (Wildman–Crippen MR) is 66.9 cm³/mol. The molecule has 0 spiro atoms. The Morgan fingerprint density at radius 1 is 1.41 bits per heavy atom. The minimum Gasteiger partial charge on any atom is -0.444 e. The number of carbonyl (C=O) groups excluding carboxylic acids is 1. The molecule has 0 radical (unpaired) electrons. The highest BCUT2D eigenvalue weighted by Crippen LogP contribution is 2.33. The fraction of sp³-hybridized carbons (Fsp3) is 0.923. The van der Waals surface area contributed by atoms with E-state index in [0.717, 1.165) is 19.0 Å². The van der Waals surface area contributed by atoms with Gasteiger partial charge in [0.2, 0.25) is 0 Å². The van der Waals surface area contributed by atoms with E-state index in [0.29, 0.717) is 12.0 Å². The molecular formula is C13H24N2O2. The van der Waals surface area contributed by atoms with Crippen LogP contribution in [0.3, 0.4) is 0 Å². The maximum Gasteiger partial charge on any atom is 0.407 e. The first-order valence-corrected chi connectivity index (χ1v) is 6.64. The number of fused-ring (bicyclic) bond motifs is 3. The van der Waals surface area contributed by atoms with E-state index >= 15 is 0 Å². The smallest absolute Gasteiger partial charge is 0.407 e. The van der Waals surface area contributed by atoms with E-state index in [1.165, 1.54) is 19.3 Å². The van der Waals surface area contributed by atoms with Gasteiger partial charge in [-0.1, -0.05) is 0 Å². The van der Waals surface area contributed by atoms with E-state index in [9.17, 15) is 4.79 Å². The lowest BCUT2D eigenvalue weighted by Crippen LogP contribution is -2.53. The molecule has 3 aliphatic rings. The van der Waals surface area contributed by atoms with Crippen molar-refractivity contribution < 1.29 is 9.53 Å². The molecule has 0 aromatic carbocycles. The van der Waals surface area contributed by atoms with E-state index < -0.39 is 5.60 Å². The van der Waals surface area contributed by atoms with Gasteiger partial charge in [0.05, 0.1) is 0 Å². The van der Waals surface area contributed by atoms with Gasteiger partial charge in [-0.05, 0) is 58.4 Å². The van der Waals surface area contributed by atoms with Crippen LogP contribution < -0.4 is 10.6 Å². The summed E-state index contributed by atoms with van der Waals surface area (Å²) in [6, 6.07) is 0.593. The zero-order chi connectivity index (χ0) is 12.5. The number of ether oxygens (including phenoxy) is 1. The van der Waals surface area contributed by atoms with E-state index in [1.54, 1.807) is 0 Å². The van der Waals surface area contributed by atoms with Crippen LogP contribution in [0.2, 0.25) is 0 Å². The second-order valence-corrected chi connectivity index (χ2v) is 6.34. The topological polar surface area (TPSA) is 50.4 Å². The van der Waals surface area contributed by atoms with Crippen molar-refractivity contribution in [1.82, 2.24) is 10.6 Å². The molecule has 2 aliphatic heterocycles. The summed E-state index contributed by atoms with van der Waals surface area (Å²) in [4.78, 5) is 11.6. The van der Waals surface area contributed by atoms with Gasteiger partial charge in [0, 0.05) is 12.6 Å². The highest BCUT2D eigenvalue weighted by atomic mass is 16.6. The van der Waals surface area contributed by atoms with E-state index in [2.05, 4.69) is 10.6 Å². The summed E-state index contributed by atoms with van der Waals surface area (Å²) < 4.78 is 5.24. The van der Waals surface area contributed by atoms with Gasteiger partial charge in [0.25, 0.3) is 0 Å². The number of amides is 1. The molecule has 1 saturated carbocycles. The third kappa shape index (κ3) is 3.60. The molecular weight excluding hydrogens is 216 g/mol. The standard InChI is InChI=1S/C13H24N2O2/c1-13(2,3)17-12(16)15-8-10-6-9-4-5-11(10)14-7-9/h9-11,14H,4-8H2,1-3H3,(H,15,16)/t9-,10+,11-/m1/s1. The summed E-state index contributed by atoms with van der Waals surface area (Å²) >= 11 is 0. The molecule has 98 valence electrons. The largest absolute Gasteiger partial charge is 0.444 e. The van der Waals surface area contributed by atoms with Crippen LogP contribution in [0.4, 0.5) is 4.79 Å². The Kier molecular flexibility index (Phi) is 3.61. The van der Waals surface area contributed by atoms with Crippen LogP contribution in [0.15, 0.2) is 0 Å². The maximum absolute atomic E-state index is 11.6. The summed E-state index contributed by atoms with van der Waals surface area (Å²) in [6.07, 6.45) is 3.55. The van der Waals surface area contributed by atoms with Crippen LogP contribution in [0, 0.1) is 11.8 Å². The van der Waals surface area contributed by atoms with Crippen molar-refractivity contribution in [3.05, 3.63) is 0 Å². The lowest BCUT2D eigenvalue weighted by Gasteiger charge is -2.43. The van der Waals surface area contributed by atoms with Crippen molar-refractivity contribution in [3.8, 4) is 0 Å². The number of hydrogen-bond donors (Lipinski definition) is 2. The molecule has 3 fully saturated rings. The van der Waals surface area contributed by atoms with Crippen molar-refractivity contribution >= 4 is 6.09 Å². The van der Waals surface area contributed by atoms with Crippen molar-refractivity contribution in [1.29, 1.82) is 0 Å². The molecule has 2 bridgehead atoms. The number of carbonyl (C=O) groups is 1. The molecule has 3 rings (SSSR count). The first-order valence-electron chi connectivity index (χ1n) is 6.64. The van der Waals surface area contributed by atoms with Gasteiger partial charge in [0.1, 0.15) is 5.60 Å². The van der Waals surface area contributed by atoms with Crippen molar-refractivity contribution in [2.75, 3.05) is 13.1 Å². The van der Waals surface area contributed by atoms with Crippen LogP contribution in [0.25, 0.3) is 0 Å². The number of rotatable bonds is 2. The van der Waals surface area contributed by atoms with Crippen molar-refractivity contribution in [2.45, 2.75) is 51.7 Å². The van der Waals surface area contributed by atoms with Gasteiger partial charge in [-0.25, -0.2) is 4.79 Å². The lowest BCUT2D eigenvalue weighted by atomic mass is 9.74. The van der Waals surface area contributed by atoms with Gasteiger partial charge in [-0.2, -0.15) is 0 Å². The van der Waals surface area contributed by atoms with E-state index in [1.807, 2.05) is 20.8 Å². The van der Waals surface area contributed by atoms with E-state index in [-0.39, 0.29) is 6.09 Å². The van der Waals surface area contributed by atoms with Crippen LogP contribution in [-0.4, -0.2) is 30.8 Å². The first kappa shape index (κ1) is 12.7. The van der Waals surface area contributed by atoms with Gasteiger partial charge in [-0.15, -0.1) is 0 Å². The van der Waals surface area contributed by atoms with Gasteiger partial charge in [-0.3, -0.25) is 0 Å². The van der Waals surface area contributed by atoms with Crippen molar-refractivity contribution in [2.24, 2.45) is 11.8 Å². The zero-order valence-electron chi connectivity index (χ0n) is 11.1. The summed E-state index contributed by atoms with van der Waals surface area (Å²) in [5.41, 5.74) is -0.409. The average Bonchev–Trinajstić information content (AvgIpc) is 2.26. The molecule has 2 heterocycles. The Morgan fingerprint density at radius 2 is 2.18 bits per heavy atom. The fourth-order valence-electron chi connectivity index (χ4n) is 2.89. The number of alkyl carbamates (subject to hydrolysis) is 1. The summed E-state index contributed by atoms with van der Waals surface area (Å²) in [5, 5.41) is 6.44.